The molecule has 4 saturated carbocycles. The summed E-state index contributed by atoms with van der Waals surface area (Å²) < 4.78 is 5.42. The number of hydrogen-bond donors (Lipinski definition) is 1. The van der Waals surface area contributed by atoms with Crippen LogP contribution in [0, 0.1) is 29.6 Å². The van der Waals surface area contributed by atoms with Crippen LogP contribution in [0.5, 0.6) is 0 Å². The molecule has 0 radical (unpaired) electrons. The van der Waals surface area contributed by atoms with Gasteiger partial charge in [0.15, 0.2) is 6.61 Å². The van der Waals surface area contributed by atoms with Crippen molar-refractivity contribution >= 4 is 11.9 Å². The maximum atomic E-state index is 12.6. The largest absolute Gasteiger partial charge is 0.455 e. The summed E-state index contributed by atoms with van der Waals surface area (Å²) >= 11 is 0. The van der Waals surface area contributed by atoms with Crippen LogP contribution in [0.1, 0.15) is 50.5 Å². The van der Waals surface area contributed by atoms with Crippen molar-refractivity contribution in [3.63, 3.8) is 0 Å². The molecule has 140 valence electrons. The van der Waals surface area contributed by atoms with Gasteiger partial charge in [-0.15, -0.1) is 0 Å². The van der Waals surface area contributed by atoms with Gasteiger partial charge >= 0.3 is 5.97 Å². The van der Waals surface area contributed by atoms with E-state index in [1.807, 2.05) is 18.2 Å². The number of amides is 1. The van der Waals surface area contributed by atoms with Crippen LogP contribution in [-0.4, -0.2) is 25.0 Å². The molecule has 4 nitrogen and oxygen atoms in total. The van der Waals surface area contributed by atoms with E-state index < -0.39 is 0 Å². The second-order valence-corrected chi connectivity index (χ2v) is 8.68. The molecule has 4 aliphatic rings. The zero-order chi connectivity index (χ0) is 18.1. The van der Waals surface area contributed by atoms with Gasteiger partial charge in [0.05, 0.1) is 5.92 Å². The van der Waals surface area contributed by atoms with Crippen molar-refractivity contribution in [2.24, 2.45) is 29.6 Å². The van der Waals surface area contributed by atoms with Crippen molar-refractivity contribution in [2.75, 3.05) is 13.2 Å². The maximum absolute atomic E-state index is 12.6. The lowest BCUT2D eigenvalue weighted by molar-refractivity contribution is -0.164. The zero-order valence-corrected chi connectivity index (χ0v) is 15.5. The highest BCUT2D eigenvalue weighted by Gasteiger charge is 2.51. The first-order valence-electron chi connectivity index (χ1n) is 10.1. The summed E-state index contributed by atoms with van der Waals surface area (Å²) in [4.78, 5) is 24.7. The van der Waals surface area contributed by atoms with Gasteiger partial charge in [0.1, 0.15) is 0 Å². The molecule has 0 saturated heterocycles. The third-order valence-electron chi connectivity index (χ3n) is 6.82. The third-order valence-corrected chi connectivity index (χ3v) is 6.82. The number of rotatable bonds is 6. The van der Waals surface area contributed by atoms with Crippen molar-refractivity contribution < 1.29 is 14.3 Å². The van der Waals surface area contributed by atoms with Crippen LogP contribution in [-0.2, 0) is 14.3 Å². The highest BCUT2D eigenvalue weighted by atomic mass is 16.5. The van der Waals surface area contributed by atoms with Crippen LogP contribution in [0.4, 0.5) is 0 Å². The second-order valence-electron chi connectivity index (χ2n) is 8.68. The summed E-state index contributed by atoms with van der Waals surface area (Å²) in [6.45, 7) is 2.48. The van der Waals surface area contributed by atoms with Gasteiger partial charge in [-0.1, -0.05) is 37.3 Å². The topological polar surface area (TPSA) is 55.4 Å². The first-order valence-corrected chi connectivity index (χ1v) is 10.1. The highest BCUT2D eigenvalue weighted by molar-refractivity contribution is 5.81. The summed E-state index contributed by atoms with van der Waals surface area (Å²) in [5, 5.41) is 2.89. The molecule has 1 N–H and O–H groups in total. The molecule has 26 heavy (non-hydrogen) atoms. The van der Waals surface area contributed by atoms with Gasteiger partial charge in [0.2, 0.25) is 0 Å². The minimum absolute atomic E-state index is 0.0406. The lowest BCUT2D eigenvalue weighted by atomic mass is 9.52. The number of carbonyl (C=O) groups excluding carboxylic acids is 2. The fourth-order valence-electron chi connectivity index (χ4n) is 5.76. The van der Waals surface area contributed by atoms with E-state index in [9.17, 15) is 9.59 Å². The Morgan fingerprint density at radius 1 is 1.04 bits per heavy atom. The average Bonchev–Trinajstić information content (AvgIpc) is 2.64. The predicted octanol–water partition coefficient (Wildman–Crippen LogP) is 3.52. The van der Waals surface area contributed by atoms with Gasteiger partial charge in [-0.2, -0.15) is 0 Å². The van der Waals surface area contributed by atoms with Crippen LogP contribution < -0.4 is 5.32 Å². The summed E-state index contributed by atoms with van der Waals surface area (Å²) in [6.07, 6.45) is 6.12. The first kappa shape index (κ1) is 17.6. The third kappa shape index (κ3) is 3.65. The zero-order valence-electron chi connectivity index (χ0n) is 15.5. The van der Waals surface area contributed by atoms with Gasteiger partial charge in [-0.25, -0.2) is 0 Å². The molecule has 0 unspecified atom stereocenters. The van der Waals surface area contributed by atoms with Gasteiger partial charge in [0.25, 0.3) is 5.91 Å². The Kier molecular flexibility index (Phi) is 5.01. The molecule has 1 aromatic rings. The van der Waals surface area contributed by atoms with Gasteiger partial charge in [0, 0.05) is 6.54 Å². The Morgan fingerprint density at radius 3 is 2.27 bits per heavy atom. The minimum Gasteiger partial charge on any atom is -0.455 e. The molecule has 4 heteroatoms. The monoisotopic (exact) mass is 355 g/mol. The summed E-state index contributed by atoms with van der Waals surface area (Å²) in [6, 6.07) is 10.1. The van der Waals surface area contributed by atoms with E-state index in [1.54, 1.807) is 0 Å². The van der Waals surface area contributed by atoms with Crippen molar-refractivity contribution in [3.05, 3.63) is 35.9 Å². The van der Waals surface area contributed by atoms with Gasteiger partial charge in [-0.05, 0) is 67.3 Å². The van der Waals surface area contributed by atoms with Crippen LogP contribution in [0.3, 0.4) is 0 Å². The normalized spacial score (nSPS) is 32.9. The van der Waals surface area contributed by atoms with Crippen molar-refractivity contribution in [3.8, 4) is 0 Å². The number of carbonyl (C=O) groups is 2. The van der Waals surface area contributed by atoms with E-state index in [0.29, 0.717) is 18.4 Å². The fourth-order valence-corrected chi connectivity index (χ4v) is 5.76. The smallest absolute Gasteiger partial charge is 0.310 e. The Bertz CT molecular complexity index is 629. The molecule has 4 aliphatic carbocycles. The van der Waals surface area contributed by atoms with Crippen LogP contribution in [0.15, 0.2) is 30.3 Å². The Labute approximate surface area is 155 Å². The van der Waals surface area contributed by atoms with Crippen molar-refractivity contribution in [1.29, 1.82) is 0 Å². The molecule has 4 fully saturated rings. The van der Waals surface area contributed by atoms with Crippen molar-refractivity contribution in [1.82, 2.24) is 5.32 Å². The summed E-state index contributed by atoms with van der Waals surface area (Å²) in [7, 11) is 0. The quantitative estimate of drug-likeness (QED) is 0.795. The predicted molar refractivity (Wildman–Crippen MR) is 99.4 cm³/mol. The minimum atomic E-state index is -0.204. The molecule has 0 aromatic heterocycles. The van der Waals surface area contributed by atoms with E-state index in [0.717, 1.165) is 11.8 Å². The van der Waals surface area contributed by atoms with Crippen LogP contribution in [0.25, 0.3) is 0 Å². The van der Waals surface area contributed by atoms with E-state index >= 15 is 0 Å². The fraction of sp³-hybridized carbons (Fsp3) is 0.636. The molecule has 0 aliphatic heterocycles. The first-order chi connectivity index (χ1) is 12.6. The van der Waals surface area contributed by atoms with Crippen LogP contribution in [0.2, 0.25) is 0 Å². The molecule has 0 heterocycles. The highest BCUT2D eigenvalue weighted by Crippen LogP contribution is 2.56. The number of ether oxygens (including phenoxy) is 1. The van der Waals surface area contributed by atoms with E-state index in [4.69, 9.17) is 4.74 Å². The van der Waals surface area contributed by atoms with Crippen LogP contribution >= 0.6 is 0 Å². The molecule has 1 aromatic carbocycles. The summed E-state index contributed by atoms with van der Waals surface area (Å²) in [5.74, 6) is 2.61. The maximum Gasteiger partial charge on any atom is 0.310 e. The number of esters is 1. The van der Waals surface area contributed by atoms with E-state index in [2.05, 4.69) is 24.4 Å². The van der Waals surface area contributed by atoms with E-state index in [-0.39, 0.29) is 30.3 Å². The van der Waals surface area contributed by atoms with E-state index in [1.165, 1.54) is 37.7 Å². The standard InChI is InChI=1S/C22H29NO3/c1-14(17-5-3-2-4-6-17)12-23-20(24)13-26-22(25)21-18-8-15-7-16(10-18)11-19(21)9-15/h2-6,14-16,18-19,21H,7-13H2,1H3,(H,23,24)/t14-,15?,16?,18?,19?,21?/m1/s1. The molecule has 1 amide bonds. The number of benzene rings is 1. The Morgan fingerprint density at radius 2 is 1.65 bits per heavy atom. The molecule has 4 bridgehead atoms. The SMILES string of the molecule is C[C@H](CNC(=O)COC(=O)C1C2CC3CC(C2)CC1C3)c1ccccc1. The second kappa shape index (κ2) is 7.42. The Balaban J connectivity index is 1.23. The number of hydrogen-bond acceptors (Lipinski definition) is 3. The lowest BCUT2D eigenvalue weighted by Gasteiger charge is -2.53. The van der Waals surface area contributed by atoms with Gasteiger partial charge < -0.3 is 10.1 Å². The lowest BCUT2D eigenvalue weighted by Crippen LogP contribution is -2.48. The number of nitrogens with one attached hydrogen (secondary N) is 1. The summed E-state index contributed by atoms with van der Waals surface area (Å²) in [5.41, 5.74) is 1.19. The van der Waals surface area contributed by atoms with Crippen molar-refractivity contribution in [2.45, 2.75) is 44.9 Å². The molecule has 0 spiro atoms. The molecular formula is C22H29NO3. The molecule has 5 rings (SSSR count). The Hall–Kier alpha value is -1.84. The molecular weight excluding hydrogens is 326 g/mol. The molecule has 1 atom stereocenters. The average molecular weight is 355 g/mol. The van der Waals surface area contributed by atoms with Gasteiger partial charge in [-0.3, -0.25) is 9.59 Å².